The number of nitrogens with zero attached hydrogens (tertiary/aromatic N) is 3. The molecule has 3 N–H and O–H groups in total. The fraction of sp³-hybridized carbons (Fsp3) is 0.261. The molecule has 0 bridgehead atoms. The summed E-state index contributed by atoms with van der Waals surface area (Å²) in [7, 11) is 6.97. The lowest BCUT2D eigenvalue weighted by Crippen LogP contribution is -2.20. The SMILES string of the molecule is COc1cc(NC(=O)Nc2cc(Nc3cccc(OCCN(C)C)c3)ncn2)c(Cl)c(OC)c1. The summed E-state index contributed by atoms with van der Waals surface area (Å²) in [6, 6.07) is 11.8. The molecular formula is C23H27ClN6O4. The van der Waals surface area contributed by atoms with Gasteiger partial charge in [-0.3, -0.25) is 5.32 Å². The molecule has 0 fully saturated rings. The number of likely N-dealkylation sites (N-methyl/N-ethyl adjacent to an activating group) is 1. The maximum absolute atomic E-state index is 12.5. The molecule has 0 aliphatic rings. The maximum atomic E-state index is 12.5. The summed E-state index contributed by atoms with van der Waals surface area (Å²) in [6.45, 7) is 1.39. The third-order valence-corrected chi connectivity index (χ3v) is 4.93. The molecule has 0 radical (unpaired) electrons. The van der Waals surface area contributed by atoms with Gasteiger partial charge in [0.05, 0.1) is 19.9 Å². The van der Waals surface area contributed by atoms with Crippen molar-refractivity contribution in [3.8, 4) is 17.2 Å². The van der Waals surface area contributed by atoms with Crippen molar-refractivity contribution in [3.05, 3.63) is 53.8 Å². The number of aromatic nitrogens is 2. The molecular weight excluding hydrogens is 460 g/mol. The Morgan fingerprint density at radius 3 is 2.53 bits per heavy atom. The van der Waals surface area contributed by atoms with Gasteiger partial charge in [-0.15, -0.1) is 0 Å². The van der Waals surface area contributed by atoms with E-state index in [2.05, 4.69) is 25.9 Å². The zero-order valence-electron chi connectivity index (χ0n) is 19.4. The van der Waals surface area contributed by atoms with Crippen molar-refractivity contribution >= 4 is 40.6 Å². The van der Waals surface area contributed by atoms with Gasteiger partial charge in [0.25, 0.3) is 0 Å². The maximum Gasteiger partial charge on any atom is 0.324 e. The van der Waals surface area contributed by atoms with E-state index in [1.54, 1.807) is 18.2 Å². The minimum atomic E-state index is -0.543. The highest BCUT2D eigenvalue weighted by atomic mass is 35.5. The fourth-order valence-electron chi connectivity index (χ4n) is 2.85. The molecule has 1 aromatic heterocycles. The minimum absolute atomic E-state index is 0.246. The Labute approximate surface area is 203 Å². The van der Waals surface area contributed by atoms with Crippen LogP contribution in [-0.4, -0.2) is 62.4 Å². The molecule has 0 aliphatic carbocycles. The Morgan fingerprint density at radius 2 is 1.79 bits per heavy atom. The van der Waals surface area contributed by atoms with Crippen molar-refractivity contribution in [2.45, 2.75) is 0 Å². The first-order chi connectivity index (χ1) is 16.4. The zero-order chi connectivity index (χ0) is 24.5. The van der Waals surface area contributed by atoms with Crippen LogP contribution in [0.15, 0.2) is 48.8 Å². The monoisotopic (exact) mass is 486 g/mol. The van der Waals surface area contributed by atoms with E-state index in [9.17, 15) is 4.79 Å². The van der Waals surface area contributed by atoms with Crippen molar-refractivity contribution in [2.75, 3.05) is 57.4 Å². The largest absolute Gasteiger partial charge is 0.497 e. The van der Waals surface area contributed by atoms with Gasteiger partial charge < -0.3 is 29.7 Å². The van der Waals surface area contributed by atoms with Crippen molar-refractivity contribution in [2.24, 2.45) is 0 Å². The third kappa shape index (κ3) is 7.12. The first kappa shape index (κ1) is 24.9. The first-order valence-corrected chi connectivity index (χ1v) is 10.7. The predicted octanol–water partition coefficient (Wildman–Crippen LogP) is 4.48. The normalized spacial score (nSPS) is 10.5. The second-order valence-corrected chi connectivity index (χ2v) is 7.74. The quantitative estimate of drug-likeness (QED) is 0.385. The Balaban J connectivity index is 1.64. The van der Waals surface area contributed by atoms with E-state index in [0.29, 0.717) is 35.4 Å². The second kappa shape index (κ2) is 11.9. The third-order valence-electron chi connectivity index (χ3n) is 4.54. The summed E-state index contributed by atoms with van der Waals surface area (Å²) in [4.78, 5) is 22.9. The van der Waals surface area contributed by atoms with Gasteiger partial charge in [0.2, 0.25) is 0 Å². The fourth-order valence-corrected chi connectivity index (χ4v) is 3.08. The molecule has 2 amide bonds. The predicted molar refractivity (Wildman–Crippen MR) is 133 cm³/mol. The van der Waals surface area contributed by atoms with Crippen LogP contribution in [0, 0.1) is 0 Å². The number of carbonyl (C=O) groups excluding carboxylic acids is 1. The van der Waals surface area contributed by atoms with E-state index in [1.165, 1.54) is 20.5 Å². The van der Waals surface area contributed by atoms with E-state index < -0.39 is 6.03 Å². The van der Waals surface area contributed by atoms with Crippen LogP contribution in [0.25, 0.3) is 0 Å². The Morgan fingerprint density at radius 1 is 1.00 bits per heavy atom. The molecule has 0 aliphatic heterocycles. The van der Waals surface area contributed by atoms with Crippen LogP contribution < -0.4 is 30.2 Å². The molecule has 34 heavy (non-hydrogen) atoms. The molecule has 180 valence electrons. The van der Waals surface area contributed by atoms with Crippen LogP contribution in [0.4, 0.5) is 27.8 Å². The molecule has 3 aromatic rings. The smallest absolute Gasteiger partial charge is 0.324 e. The molecule has 0 saturated carbocycles. The summed E-state index contributed by atoms with van der Waals surface area (Å²) in [5.41, 5.74) is 1.11. The molecule has 0 saturated heterocycles. The molecule has 10 nitrogen and oxygen atoms in total. The average molecular weight is 487 g/mol. The van der Waals surface area contributed by atoms with Crippen LogP contribution in [0.5, 0.6) is 17.2 Å². The van der Waals surface area contributed by atoms with E-state index in [1.807, 2.05) is 43.3 Å². The van der Waals surface area contributed by atoms with Gasteiger partial charge in [-0.2, -0.15) is 0 Å². The Kier molecular flexibility index (Phi) is 8.72. The summed E-state index contributed by atoms with van der Waals surface area (Å²) >= 11 is 6.29. The van der Waals surface area contributed by atoms with Gasteiger partial charge in [-0.05, 0) is 26.2 Å². The van der Waals surface area contributed by atoms with Gasteiger partial charge in [-0.1, -0.05) is 17.7 Å². The van der Waals surface area contributed by atoms with Crippen molar-refractivity contribution in [3.63, 3.8) is 0 Å². The van der Waals surface area contributed by atoms with Gasteiger partial charge in [0.1, 0.15) is 46.8 Å². The molecule has 3 rings (SSSR count). The van der Waals surface area contributed by atoms with E-state index in [-0.39, 0.29) is 5.02 Å². The molecule has 0 spiro atoms. The topological polar surface area (TPSA) is 110 Å². The van der Waals surface area contributed by atoms with Gasteiger partial charge >= 0.3 is 6.03 Å². The van der Waals surface area contributed by atoms with Crippen LogP contribution in [0.3, 0.4) is 0 Å². The van der Waals surface area contributed by atoms with E-state index in [4.69, 9.17) is 25.8 Å². The van der Waals surface area contributed by atoms with Gasteiger partial charge in [-0.25, -0.2) is 14.8 Å². The molecule has 0 unspecified atom stereocenters. The van der Waals surface area contributed by atoms with Crippen molar-refractivity contribution in [1.82, 2.24) is 14.9 Å². The highest BCUT2D eigenvalue weighted by molar-refractivity contribution is 6.35. The summed E-state index contributed by atoms with van der Waals surface area (Å²) in [5, 5.41) is 8.75. The lowest BCUT2D eigenvalue weighted by Gasteiger charge is -2.14. The number of urea groups is 1. The number of amides is 2. The number of halogens is 1. The lowest BCUT2D eigenvalue weighted by molar-refractivity contribution is 0.261. The Hall–Kier alpha value is -3.76. The lowest BCUT2D eigenvalue weighted by atomic mass is 10.2. The second-order valence-electron chi connectivity index (χ2n) is 7.36. The van der Waals surface area contributed by atoms with E-state index >= 15 is 0 Å². The minimum Gasteiger partial charge on any atom is -0.497 e. The number of anilines is 4. The number of ether oxygens (including phenoxy) is 3. The number of carbonyl (C=O) groups is 1. The average Bonchev–Trinajstić information content (AvgIpc) is 2.80. The Bertz CT molecular complexity index is 1130. The standard InChI is InChI=1S/C23H27ClN6O4/c1-30(2)8-9-34-16-7-5-6-15(10-16)27-20-13-21(26-14-25-20)29-23(31)28-18-11-17(32-3)12-19(33-4)22(18)24/h5-7,10-14H,8-9H2,1-4H3,(H3,25,26,27,28,29,31). The first-order valence-electron chi connectivity index (χ1n) is 10.3. The molecule has 1 heterocycles. The van der Waals surface area contributed by atoms with Crippen LogP contribution >= 0.6 is 11.6 Å². The highest BCUT2D eigenvalue weighted by Crippen LogP contribution is 2.36. The van der Waals surface area contributed by atoms with E-state index in [0.717, 1.165) is 18.0 Å². The number of benzene rings is 2. The van der Waals surface area contributed by atoms with Crippen molar-refractivity contribution < 1.29 is 19.0 Å². The van der Waals surface area contributed by atoms with Crippen LogP contribution in [0.1, 0.15) is 0 Å². The molecule has 11 heteroatoms. The number of methoxy groups -OCH3 is 2. The van der Waals surface area contributed by atoms with Gasteiger partial charge in [0.15, 0.2) is 0 Å². The van der Waals surface area contributed by atoms with Gasteiger partial charge in [0, 0.05) is 36.5 Å². The van der Waals surface area contributed by atoms with Crippen molar-refractivity contribution in [1.29, 1.82) is 0 Å². The van der Waals surface area contributed by atoms with Crippen LogP contribution in [0.2, 0.25) is 5.02 Å². The number of hydrogen-bond acceptors (Lipinski definition) is 8. The highest BCUT2D eigenvalue weighted by Gasteiger charge is 2.14. The number of nitrogens with one attached hydrogen (secondary N) is 3. The molecule has 0 atom stereocenters. The summed E-state index contributed by atoms with van der Waals surface area (Å²) in [6.07, 6.45) is 1.34. The molecule has 2 aromatic carbocycles. The summed E-state index contributed by atoms with van der Waals surface area (Å²) < 4.78 is 16.2. The number of hydrogen-bond donors (Lipinski definition) is 3. The number of rotatable bonds is 10. The summed E-state index contributed by atoms with van der Waals surface area (Å²) in [5.74, 6) is 2.39. The zero-order valence-corrected chi connectivity index (χ0v) is 20.1. The van der Waals surface area contributed by atoms with Crippen LogP contribution in [-0.2, 0) is 0 Å².